The number of aliphatic imine (C=N–C) groups is 1. The third-order valence-electron chi connectivity index (χ3n) is 5.24. The minimum absolute atomic E-state index is 0.00351. The van der Waals surface area contributed by atoms with Gasteiger partial charge in [0.25, 0.3) is 5.91 Å². The van der Waals surface area contributed by atoms with E-state index in [0.717, 1.165) is 57.4 Å². The molecule has 0 saturated carbocycles. The van der Waals surface area contributed by atoms with Crippen molar-refractivity contribution < 1.29 is 9.21 Å². The van der Waals surface area contributed by atoms with Gasteiger partial charge in [0.1, 0.15) is 0 Å². The van der Waals surface area contributed by atoms with E-state index in [2.05, 4.69) is 20.6 Å². The summed E-state index contributed by atoms with van der Waals surface area (Å²) < 4.78 is 5.21. The summed E-state index contributed by atoms with van der Waals surface area (Å²) in [5, 5.41) is 15.1. The van der Waals surface area contributed by atoms with E-state index in [9.17, 15) is 4.79 Å². The number of nitrogens with one attached hydrogen (secondary N) is 2. The maximum absolute atomic E-state index is 12.3. The van der Waals surface area contributed by atoms with Gasteiger partial charge in [-0.15, -0.1) is 4.99 Å². The van der Waals surface area contributed by atoms with Gasteiger partial charge in [-0.2, -0.15) is 5.26 Å². The third-order valence-corrected chi connectivity index (χ3v) is 5.24. The van der Waals surface area contributed by atoms with Crippen molar-refractivity contribution in [2.45, 2.75) is 38.5 Å². The van der Waals surface area contributed by atoms with Gasteiger partial charge in [0, 0.05) is 37.7 Å². The van der Waals surface area contributed by atoms with Crippen LogP contribution < -0.4 is 10.6 Å². The zero-order valence-electron chi connectivity index (χ0n) is 17.1. The number of carbonyl (C=O) groups is 1. The van der Waals surface area contributed by atoms with Crippen molar-refractivity contribution in [2.75, 3.05) is 25.0 Å². The number of pyridine rings is 1. The zero-order valence-corrected chi connectivity index (χ0v) is 17.1. The molecular formula is C22H28N6O2. The molecule has 1 amide bonds. The molecule has 0 spiro atoms. The lowest BCUT2D eigenvalue weighted by atomic mass is 10.00. The van der Waals surface area contributed by atoms with Crippen molar-refractivity contribution in [3.63, 3.8) is 0 Å². The number of hydrogen-bond acceptors (Lipinski definition) is 5. The maximum Gasteiger partial charge on any atom is 0.289 e. The molecule has 0 aliphatic carbocycles. The Hall–Kier alpha value is -3.34. The van der Waals surface area contributed by atoms with Crippen molar-refractivity contribution in [2.24, 2.45) is 10.9 Å². The van der Waals surface area contributed by atoms with Crippen molar-refractivity contribution in [3.05, 3.63) is 48.7 Å². The number of hydrogen-bond donors (Lipinski definition) is 2. The Morgan fingerprint density at radius 2 is 2.10 bits per heavy atom. The first-order chi connectivity index (χ1) is 14.8. The SMILES string of the molecule is N#C/N=C(/NCCCCCCC1CCN(C(=O)c2ccco2)C1)Nc1ccncc1. The Morgan fingerprint density at radius 3 is 2.87 bits per heavy atom. The van der Waals surface area contributed by atoms with Gasteiger partial charge in [0.05, 0.1) is 6.26 Å². The second-order valence-electron chi connectivity index (χ2n) is 7.43. The number of guanidine groups is 1. The van der Waals surface area contributed by atoms with Gasteiger partial charge in [0.15, 0.2) is 5.76 Å². The van der Waals surface area contributed by atoms with E-state index in [1.807, 2.05) is 23.2 Å². The second-order valence-corrected chi connectivity index (χ2v) is 7.43. The summed E-state index contributed by atoms with van der Waals surface area (Å²) in [5.74, 6) is 1.47. The molecule has 0 radical (unpaired) electrons. The Bertz CT molecular complexity index is 844. The molecule has 2 aromatic rings. The highest BCUT2D eigenvalue weighted by molar-refractivity contribution is 5.94. The van der Waals surface area contributed by atoms with Gasteiger partial charge in [-0.05, 0) is 49.4 Å². The van der Waals surface area contributed by atoms with Gasteiger partial charge >= 0.3 is 0 Å². The molecule has 2 aromatic heterocycles. The first-order valence-corrected chi connectivity index (χ1v) is 10.5. The average Bonchev–Trinajstić information content (AvgIpc) is 3.46. The number of likely N-dealkylation sites (tertiary alicyclic amines) is 1. The summed E-state index contributed by atoms with van der Waals surface area (Å²) >= 11 is 0. The molecule has 3 heterocycles. The highest BCUT2D eigenvalue weighted by Crippen LogP contribution is 2.24. The van der Waals surface area contributed by atoms with Crippen molar-refractivity contribution in [1.82, 2.24) is 15.2 Å². The van der Waals surface area contributed by atoms with Gasteiger partial charge in [-0.3, -0.25) is 9.78 Å². The highest BCUT2D eigenvalue weighted by atomic mass is 16.3. The number of furan rings is 1. The molecule has 1 fully saturated rings. The second kappa shape index (κ2) is 11.6. The van der Waals surface area contributed by atoms with Crippen LogP contribution in [0.2, 0.25) is 0 Å². The van der Waals surface area contributed by atoms with Crippen LogP contribution in [0.1, 0.15) is 49.1 Å². The number of aromatic nitrogens is 1. The summed E-state index contributed by atoms with van der Waals surface area (Å²) in [7, 11) is 0. The van der Waals surface area contributed by atoms with Gasteiger partial charge in [-0.1, -0.05) is 19.3 Å². The van der Waals surface area contributed by atoms with Crippen LogP contribution in [0.3, 0.4) is 0 Å². The monoisotopic (exact) mass is 408 g/mol. The molecule has 1 saturated heterocycles. The molecular weight excluding hydrogens is 380 g/mol. The summed E-state index contributed by atoms with van der Waals surface area (Å²) in [6.07, 6.45) is 13.4. The van der Waals surface area contributed by atoms with Crippen LogP contribution in [0, 0.1) is 17.4 Å². The summed E-state index contributed by atoms with van der Waals surface area (Å²) in [6.45, 7) is 2.41. The summed E-state index contributed by atoms with van der Waals surface area (Å²) in [4.78, 5) is 22.0. The Labute approximate surface area is 177 Å². The predicted octanol–water partition coefficient (Wildman–Crippen LogP) is 3.63. The predicted molar refractivity (Wildman–Crippen MR) is 115 cm³/mol. The van der Waals surface area contributed by atoms with E-state index < -0.39 is 0 Å². The molecule has 1 aliphatic rings. The Morgan fingerprint density at radius 1 is 1.27 bits per heavy atom. The minimum atomic E-state index is 0.00351. The van der Waals surface area contributed by atoms with Crippen LogP contribution in [0.25, 0.3) is 0 Å². The van der Waals surface area contributed by atoms with E-state index >= 15 is 0 Å². The maximum atomic E-state index is 12.3. The molecule has 1 unspecified atom stereocenters. The number of anilines is 1. The quantitative estimate of drug-likeness (QED) is 0.284. The Balaban J connectivity index is 1.25. The number of amides is 1. The minimum Gasteiger partial charge on any atom is -0.459 e. The lowest BCUT2D eigenvalue weighted by Gasteiger charge is -2.15. The number of unbranched alkanes of at least 4 members (excludes halogenated alkanes) is 3. The standard InChI is InChI=1S/C22H28N6O2/c23-17-26-22(27-19-8-12-24-13-9-19)25-11-4-2-1-3-6-18-10-14-28(16-18)21(29)20-7-5-15-30-20/h5,7-9,12-13,15,18H,1-4,6,10-11,14,16H2,(H2,24,25,26,27). The fraction of sp³-hybridized carbons (Fsp3) is 0.455. The molecule has 1 atom stereocenters. The van der Waals surface area contributed by atoms with Crippen LogP contribution >= 0.6 is 0 Å². The van der Waals surface area contributed by atoms with Gasteiger partial charge in [0.2, 0.25) is 12.2 Å². The normalized spacial score (nSPS) is 16.3. The van der Waals surface area contributed by atoms with E-state index in [1.165, 1.54) is 6.42 Å². The number of nitriles is 1. The molecule has 2 N–H and O–H groups in total. The number of rotatable bonds is 9. The zero-order chi connectivity index (χ0) is 21.0. The first kappa shape index (κ1) is 21.4. The Kier molecular flexibility index (Phi) is 8.27. The summed E-state index contributed by atoms with van der Waals surface area (Å²) in [5.41, 5.74) is 0.836. The van der Waals surface area contributed by atoms with Crippen LogP contribution in [0.4, 0.5) is 5.69 Å². The summed E-state index contributed by atoms with van der Waals surface area (Å²) in [6, 6.07) is 7.12. The van der Waals surface area contributed by atoms with Crippen LogP contribution in [0.5, 0.6) is 0 Å². The topological polar surface area (TPSA) is 107 Å². The lowest BCUT2D eigenvalue weighted by molar-refractivity contribution is 0.0755. The first-order valence-electron chi connectivity index (χ1n) is 10.5. The highest BCUT2D eigenvalue weighted by Gasteiger charge is 2.27. The molecule has 1 aliphatic heterocycles. The molecule has 8 nitrogen and oxygen atoms in total. The van der Waals surface area contributed by atoms with E-state index in [0.29, 0.717) is 17.6 Å². The van der Waals surface area contributed by atoms with Crippen LogP contribution in [-0.2, 0) is 0 Å². The van der Waals surface area contributed by atoms with Crippen LogP contribution in [-0.4, -0.2) is 41.4 Å². The molecule has 158 valence electrons. The molecule has 0 aromatic carbocycles. The fourth-order valence-electron chi connectivity index (χ4n) is 3.66. The number of nitrogens with zero attached hydrogens (tertiary/aromatic N) is 4. The van der Waals surface area contributed by atoms with Crippen molar-refractivity contribution in [3.8, 4) is 6.19 Å². The van der Waals surface area contributed by atoms with E-state index in [1.54, 1.807) is 30.8 Å². The average molecular weight is 409 g/mol. The van der Waals surface area contributed by atoms with Crippen LogP contribution in [0.15, 0.2) is 52.3 Å². The molecule has 0 bridgehead atoms. The third kappa shape index (κ3) is 6.62. The van der Waals surface area contributed by atoms with Gasteiger partial charge < -0.3 is 20.0 Å². The van der Waals surface area contributed by atoms with E-state index in [4.69, 9.17) is 9.68 Å². The molecule has 30 heavy (non-hydrogen) atoms. The largest absolute Gasteiger partial charge is 0.459 e. The lowest BCUT2D eigenvalue weighted by Crippen LogP contribution is -2.31. The fourth-order valence-corrected chi connectivity index (χ4v) is 3.66. The molecule has 8 heteroatoms. The van der Waals surface area contributed by atoms with Crippen molar-refractivity contribution in [1.29, 1.82) is 5.26 Å². The van der Waals surface area contributed by atoms with Gasteiger partial charge in [-0.25, -0.2) is 0 Å². The van der Waals surface area contributed by atoms with E-state index in [-0.39, 0.29) is 5.91 Å². The number of carbonyl (C=O) groups excluding carboxylic acids is 1. The molecule has 3 rings (SSSR count). The smallest absolute Gasteiger partial charge is 0.289 e. The van der Waals surface area contributed by atoms with Crippen molar-refractivity contribution >= 4 is 17.6 Å².